The SMILES string of the molecule is CC1CC1NS(=O)(=O)c1ccc(Br)cc1. The number of halogens is 1. The zero-order valence-electron chi connectivity index (χ0n) is 8.27. The van der Waals surface area contributed by atoms with Crippen LogP contribution in [0.5, 0.6) is 0 Å². The van der Waals surface area contributed by atoms with Gasteiger partial charge in [-0.05, 0) is 36.6 Å². The van der Waals surface area contributed by atoms with E-state index in [9.17, 15) is 8.42 Å². The van der Waals surface area contributed by atoms with Gasteiger partial charge in [0.25, 0.3) is 0 Å². The zero-order chi connectivity index (χ0) is 11.1. The first-order chi connectivity index (χ1) is 6.99. The molecule has 2 rings (SSSR count). The van der Waals surface area contributed by atoms with Crippen molar-refractivity contribution in [1.82, 2.24) is 4.72 Å². The largest absolute Gasteiger partial charge is 0.240 e. The van der Waals surface area contributed by atoms with Crippen molar-refractivity contribution < 1.29 is 8.42 Å². The Morgan fingerprint density at radius 1 is 1.33 bits per heavy atom. The molecule has 0 aromatic heterocycles. The maximum Gasteiger partial charge on any atom is 0.240 e. The monoisotopic (exact) mass is 289 g/mol. The Balaban J connectivity index is 2.18. The molecule has 1 saturated carbocycles. The molecule has 0 heterocycles. The maximum atomic E-state index is 11.8. The summed E-state index contributed by atoms with van der Waals surface area (Å²) in [5.41, 5.74) is 0. The van der Waals surface area contributed by atoms with Crippen LogP contribution in [0.15, 0.2) is 33.6 Å². The summed E-state index contributed by atoms with van der Waals surface area (Å²) in [5.74, 6) is 0.468. The summed E-state index contributed by atoms with van der Waals surface area (Å²) in [4.78, 5) is 0.324. The highest BCUT2D eigenvalue weighted by molar-refractivity contribution is 9.10. The summed E-state index contributed by atoms with van der Waals surface area (Å²) in [6.45, 7) is 2.04. The third kappa shape index (κ3) is 2.59. The van der Waals surface area contributed by atoms with Gasteiger partial charge in [-0.3, -0.25) is 0 Å². The van der Waals surface area contributed by atoms with Gasteiger partial charge in [0.1, 0.15) is 0 Å². The lowest BCUT2D eigenvalue weighted by Crippen LogP contribution is -2.26. The number of hydrogen-bond acceptors (Lipinski definition) is 2. The van der Waals surface area contributed by atoms with Gasteiger partial charge in [0.05, 0.1) is 4.90 Å². The Bertz CT molecular complexity index is 455. The second-order valence-corrected chi connectivity index (χ2v) is 6.52. The Kier molecular flexibility index (Phi) is 2.87. The van der Waals surface area contributed by atoms with Gasteiger partial charge >= 0.3 is 0 Å². The molecule has 1 aromatic rings. The third-order valence-electron chi connectivity index (χ3n) is 2.54. The van der Waals surface area contributed by atoms with E-state index in [1.165, 1.54) is 0 Å². The molecule has 0 saturated heterocycles. The van der Waals surface area contributed by atoms with Crippen molar-refractivity contribution in [2.24, 2.45) is 5.92 Å². The minimum absolute atomic E-state index is 0.124. The molecular weight excluding hydrogens is 278 g/mol. The van der Waals surface area contributed by atoms with Crippen LogP contribution < -0.4 is 4.72 Å². The number of rotatable bonds is 3. The first-order valence-corrected chi connectivity index (χ1v) is 7.04. The van der Waals surface area contributed by atoms with Crippen LogP contribution >= 0.6 is 15.9 Å². The van der Waals surface area contributed by atoms with Crippen molar-refractivity contribution in [2.75, 3.05) is 0 Å². The molecule has 1 aliphatic rings. The van der Waals surface area contributed by atoms with Crippen LogP contribution in [0, 0.1) is 5.92 Å². The highest BCUT2D eigenvalue weighted by atomic mass is 79.9. The normalized spacial score (nSPS) is 25.2. The Morgan fingerprint density at radius 3 is 2.33 bits per heavy atom. The van der Waals surface area contributed by atoms with Crippen LogP contribution in [0.1, 0.15) is 13.3 Å². The number of sulfonamides is 1. The van der Waals surface area contributed by atoms with Crippen LogP contribution in [-0.4, -0.2) is 14.5 Å². The molecular formula is C10H12BrNO2S. The van der Waals surface area contributed by atoms with E-state index in [0.29, 0.717) is 10.8 Å². The van der Waals surface area contributed by atoms with E-state index in [1.807, 2.05) is 6.92 Å². The quantitative estimate of drug-likeness (QED) is 0.927. The maximum absolute atomic E-state index is 11.8. The molecule has 0 bridgehead atoms. The first kappa shape index (κ1) is 11.1. The van der Waals surface area contributed by atoms with Crippen molar-refractivity contribution in [3.05, 3.63) is 28.7 Å². The Hall–Kier alpha value is -0.390. The molecule has 0 aliphatic heterocycles. The van der Waals surface area contributed by atoms with Gasteiger partial charge in [-0.1, -0.05) is 22.9 Å². The summed E-state index contributed by atoms with van der Waals surface area (Å²) in [6, 6.07) is 6.77. The van der Waals surface area contributed by atoms with E-state index >= 15 is 0 Å². The highest BCUT2D eigenvalue weighted by Gasteiger charge is 2.36. The standard InChI is InChI=1S/C10H12BrNO2S/c1-7-6-10(7)12-15(13,14)9-4-2-8(11)3-5-9/h2-5,7,10,12H,6H2,1H3. The molecule has 82 valence electrons. The zero-order valence-corrected chi connectivity index (χ0v) is 10.7. The average Bonchev–Trinajstić information content (AvgIpc) is 2.81. The van der Waals surface area contributed by atoms with Crippen molar-refractivity contribution in [2.45, 2.75) is 24.3 Å². The highest BCUT2D eigenvalue weighted by Crippen LogP contribution is 2.30. The van der Waals surface area contributed by atoms with Gasteiger partial charge in [0.2, 0.25) is 10.0 Å². The van der Waals surface area contributed by atoms with Crippen LogP contribution in [0.3, 0.4) is 0 Å². The number of benzene rings is 1. The van der Waals surface area contributed by atoms with E-state index in [0.717, 1.165) is 10.9 Å². The molecule has 0 spiro atoms. The first-order valence-electron chi connectivity index (χ1n) is 4.77. The fourth-order valence-electron chi connectivity index (χ4n) is 1.37. The van der Waals surface area contributed by atoms with Crippen LogP contribution in [0.25, 0.3) is 0 Å². The second kappa shape index (κ2) is 3.88. The molecule has 0 radical (unpaired) electrons. The minimum Gasteiger partial charge on any atom is -0.208 e. The van der Waals surface area contributed by atoms with Crippen LogP contribution in [0.2, 0.25) is 0 Å². The van der Waals surface area contributed by atoms with Gasteiger partial charge in [-0.2, -0.15) is 0 Å². The summed E-state index contributed by atoms with van der Waals surface area (Å²) < 4.78 is 27.2. The lowest BCUT2D eigenvalue weighted by atomic mass is 10.4. The van der Waals surface area contributed by atoms with Crippen molar-refractivity contribution in [1.29, 1.82) is 0 Å². The van der Waals surface area contributed by atoms with Gasteiger partial charge < -0.3 is 0 Å². The molecule has 1 aliphatic carbocycles. The lowest BCUT2D eigenvalue weighted by molar-refractivity contribution is 0.578. The van der Waals surface area contributed by atoms with E-state index in [-0.39, 0.29) is 6.04 Å². The fraction of sp³-hybridized carbons (Fsp3) is 0.400. The van der Waals surface area contributed by atoms with Gasteiger partial charge in [0.15, 0.2) is 0 Å². The molecule has 2 atom stereocenters. The predicted octanol–water partition coefficient (Wildman–Crippen LogP) is 2.14. The number of hydrogen-bond donors (Lipinski definition) is 1. The minimum atomic E-state index is -3.32. The third-order valence-corrected chi connectivity index (χ3v) is 4.57. The molecule has 2 unspecified atom stereocenters. The van der Waals surface area contributed by atoms with E-state index in [2.05, 4.69) is 20.7 Å². The fourth-order valence-corrected chi connectivity index (χ4v) is 2.99. The number of nitrogens with one attached hydrogen (secondary N) is 1. The lowest BCUT2D eigenvalue weighted by Gasteiger charge is -2.05. The second-order valence-electron chi connectivity index (χ2n) is 3.89. The molecule has 5 heteroatoms. The van der Waals surface area contributed by atoms with Crippen molar-refractivity contribution in [3.8, 4) is 0 Å². The summed E-state index contributed by atoms with van der Waals surface area (Å²) in [7, 11) is -3.32. The molecule has 0 amide bonds. The molecule has 1 N–H and O–H groups in total. The van der Waals surface area contributed by atoms with Gasteiger partial charge in [0, 0.05) is 10.5 Å². The Morgan fingerprint density at radius 2 is 1.87 bits per heavy atom. The van der Waals surface area contributed by atoms with Crippen molar-refractivity contribution in [3.63, 3.8) is 0 Å². The Labute approximate surface area is 98.1 Å². The van der Waals surface area contributed by atoms with Crippen LogP contribution in [-0.2, 0) is 10.0 Å². The average molecular weight is 290 g/mol. The predicted molar refractivity (Wildman–Crippen MR) is 62.0 cm³/mol. The van der Waals surface area contributed by atoms with E-state index < -0.39 is 10.0 Å². The molecule has 15 heavy (non-hydrogen) atoms. The van der Waals surface area contributed by atoms with E-state index in [1.54, 1.807) is 24.3 Å². The van der Waals surface area contributed by atoms with Gasteiger partial charge in [-0.15, -0.1) is 0 Å². The van der Waals surface area contributed by atoms with Crippen LogP contribution in [0.4, 0.5) is 0 Å². The molecule has 1 aromatic carbocycles. The van der Waals surface area contributed by atoms with E-state index in [4.69, 9.17) is 0 Å². The smallest absolute Gasteiger partial charge is 0.208 e. The summed E-state index contributed by atoms with van der Waals surface area (Å²) in [6.07, 6.45) is 0.940. The molecule has 1 fully saturated rings. The topological polar surface area (TPSA) is 46.2 Å². The summed E-state index contributed by atoms with van der Waals surface area (Å²) >= 11 is 3.27. The van der Waals surface area contributed by atoms with Crippen molar-refractivity contribution >= 4 is 26.0 Å². The molecule has 3 nitrogen and oxygen atoms in total. The summed E-state index contributed by atoms with van der Waals surface area (Å²) in [5, 5.41) is 0. The van der Waals surface area contributed by atoms with Gasteiger partial charge in [-0.25, -0.2) is 13.1 Å².